The van der Waals surface area contributed by atoms with Crippen molar-refractivity contribution in [1.82, 2.24) is 19.7 Å². The zero-order chi connectivity index (χ0) is 14.7. The summed E-state index contributed by atoms with van der Waals surface area (Å²) < 4.78 is 1.77. The lowest BCUT2D eigenvalue weighted by Crippen LogP contribution is -2.32. The summed E-state index contributed by atoms with van der Waals surface area (Å²) in [7, 11) is 0. The number of nitrogens with zero attached hydrogens (tertiary/aromatic N) is 4. The zero-order valence-corrected chi connectivity index (χ0v) is 12.1. The summed E-state index contributed by atoms with van der Waals surface area (Å²) >= 11 is 0. The second-order valence-electron chi connectivity index (χ2n) is 5.18. The molecule has 1 aliphatic rings. The number of amides is 1. The standard InChI is InChI=1S/C15H19N5O/c1-2-20-9-6-14(18-20)15(21)19-8-5-13(11-19)17-12-4-3-7-16-10-12/h3-4,6-7,9-10,13,17H,2,5,8,11H2,1H3. The number of rotatable bonds is 4. The number of pyridine rings is 1. The molecule has 0 bridgehead atoms. The minimum Gasteiger partial charge on any atom is -0.379 e. The first-order valence-corrected chi connectivity index (χ1v) is 7.25. The van der Waals surface area contributed by atoms with Crippen LogP contribution in [0.25, 0.3) is 0 Å². The summed E-state index contributed by atoms with van der Waals surface area (Å²) in [6, 6.07) is 5.94. The van der Waals surface area contributed by atoms with Crippen molar-refractivity contribution in [3.63, 3.8) is 0 Å². The van der Waals surface area contributed by atoms with E-state index in [0.29, 0.717) is 12.2 Å². The minimum atomic E-state index is 0.0117. The van der Waals surface area contributed by atoms with Gasteiger partial charge in [0.15, 0.2) is 0 Å². The highest BCUT2D eigenvalue weighted by atomic mass is 16.2. The zero-order valence-electron chi connectivity index (χ0n) is 12.1. The molecule has 21 heavy (non-hydrogen) atoms. The van der Waals surface area contributed by atoms with E-state index >= 15 is 0 Å². The lowest BCUT2D eigenvalue weighted by Gasteiger charge is -2.16. The van der Waals surface area contributed by atoms with Gasteiger partial charge < -0.3 is 10.2 Å². The monoisotopic (exact) mass is 285 g/mol. The van der Waals surface area contributed by atoms with Crippen LogP contribution < -0.4 is 5.32 Å². The van der Waals surface area contributed by atoms with Gasteiger partial charge in [-0.3, -0.25) is 14.5 Å². The third-order valence-corrected chi connectivity index (χ3v) is 3.69. The third kappa shape index (κ3) is 3.04. The number of anilines is 1. The summed E-state index contributed by atoms with van der Waals surface area (Å²) in [6.07, 6.45) is 6.33. The van der Waals surface area contributed by atoms with E-state index in [1.807, 2.05) is 30.2 Å². The van der Waals surface area contributed by atoms with Gasteiger partial charge in [-0.05, 0) is 31.5 Å². The molecule has 0 aromatic carbocycles. The highest BCUT2D eigenvalue weighted by molar-refractivity contribution is 5.92. The number of nitrogens with one attached hydrogen (secondary N) is 1. The smallest absolute Gasteiger partial charge is 0.274 e. The fourth-order valence-electron chi connectivity index (χ4n) is 2.56. The van der Waals surface area contributed by atoms with E-state index in [4.69, 9.17) is 0 Å². The summed E-state index contributed by atoms with van der Waals surface area (Å²) in [5, 5.41) is 7.69. The number of aromatic nitrogens is 3. The molecular weight excluding hydrogens is 266 g/mol. The number of carbonyl (C=O) groups is 1. The van der Waals surface area contributed by atoms with Gasteiger partial charge in [0.1, 0.15) is 5.69 Å². The van der Waals surface area contributed by atoms with Crippen LogP contribution in [-0.4, -0.2) is 44.7 Å². The van der Waals surface area contributed by atoms with E-state index in [0.717, 1.165) is 25.2 Å². The highest BCUT2D eigenvalue weighted by Gasteiger charge is 2.28. The van der Waals surface area contributed by atoms with Gasteiger partial charge >= 0.3 is 0 Å². The van der Waals surface area contributed by atoms with Gasteiger partial charge in [0.05, 0.1) is 5.69 Å². The average molecular weight is 285 g/mol. The van der Waals surface area contributed by atoms with Crippen molar-refractivity contribution < 1.29 is 4.79 Å². The SMILES string of the molecule is CCn1ccc(C(=O)N2CCC(Nc3cccnc3)C2)n1. The topological polar surface area (TPSA) is 63.1 Å². The summed E-state index contributed by atoms with van der Waals surface area (Å²) in [4.78, 5) is 18.3. The molecule has 3 heterocycles. The molecule has 2 aromatic heterocycles. The van der Waals surface area contributed by atoms with E-state index < -0.39 is 0 Å². The van der Waals surface area contributed by atoms with Gasteiger partial charge in [-0.1, -0.05) is 0 Å². The largest absolute Gasteiger partial charge is 0.379 e. The highest BCUT2D eigenvalue weighted by Crippen LogP contribution is 2.16. The van der Waals surface area contributed by atoms with E-state index in [2.05, 4.69) is 15.4 Å². The van der Waals surface area contributed by atoms with Gasteiger partial charge in [-0.2, -0.15) is 5.10 Å². The van der Waals surface area contributed by atoms with Crippen molar-refractivity contribution in [2.75, 3.05) is 18.4 Å². The van der Waals surface area contributed by atoms with Crippen LogP contribution in [0.4, 0.5) is 5.69 Å². The molecule has 6 nitrogen and oxygen atoms in total. The Labute approximate surface area is 123 Å². The number of hydrogen-bond acceptors (Lipinski definition) is 4. The summed E-state index contributed by atoms with van der Waals surface area (Å²) in [6.45, 7) is 4.24. The number of carbonyl (C=O) groups excluding carboxylic acids is 1. The molecule has 3 rings (SSSR count). The first kappa shape index (κ1) is 13.6. The maximum atomic E-state index is 12.4. The van der Waals surface area contributed by atoms with Crippen molar-refractivity contribution in [2.45, 2.75) is 25.9 Å². The Morgan fingerprint density at radius 3 is 3.10 bits per heavy atom. The molecule has 1 aliphatic heterocycles. The Kier molecular flexibility index (Phi) is 3.85. The molecule has 1 fully saturated rings. The second-order valence-corrected chi connectivity index (χ2v) is 5.18. The van der Waals surface area contributed by atoms with Crippen molar-refractivity contribution in [2.24, 2.45) is 0 Å². The quantitative estimate of drug-likeness (QED) is 0.927. The van der Waals surface area contributed by atoms with Gasteiger partial charge in [0.25, 0.3) is 5.91 Å². The predicted molar refractivity (Wildman–Crippen MR) is 80.1 cm³/mol. The van der Waals surface area contributed by atoms with Crippen LogP contribution >= 0.6 is 0 Å². The number of likely N-dealkylation sites (tertiary alicyclic amines) is 1. The van der Waals surface area contributed by atoms with Crippen LogP contribution in [-0.2, 0) is 6.54 Å². The van der Waals surface area contributed by atoms with Gasteiger partial charge in [0.2, 0.25) is 0 Å². The van der Waals surface area contributed by atoms with Gasteiger partial charge in [-0.25, -0.2) is 0 Å². The molecule has 0 saturated carbocycles. The minimum absolute atomic E-state index is 0.0117. The molecule has 1 atom stereocenters. The van der Waals surface area contributed by atoms with Gasteiger partial charge in [-0.15, -0.1) is 0 Å². The fraction of sp³-hybridized carbons (Fsp3) is 0.400. The molecule has 1 saturated heterocycles. The molecule has 1 N–H and O–H groups in total. The Morgan fingerprint density at radius 2 is 2.38 bits per heavy atom. The van der Waals surface area contributed by atoms with Crippen molar-refractivity contribution in [3.8, 4) is 0 Å². The number of aryl methyl sites for hydroxylation is 1. The predicted octanol–water partition coefficient (Wildman–Crippen LogP) is 1.62. The van der Waals surface area contributed by atoms with E-state index in [-0.39, 0.29) is 11.9 Å². The Balaban J connectivity index is 1.60. The third-order valence-electron chi connectivity index (χ3n) is 3.69. The van der Waals surface area contributed by atoms with Gasteiger partial charge in [0, 0.05) is 44.3 Å². The van der Waals surface area contributed by atoms with Crippen LogP contribution in [0, 0.1) is 0 Å². The van der Waals surface area contributed by atoms with Crippen LogP contribution in [0.1, 0.15) is 23.8 Å². The summed E-state index contributed by atoms with van der Waals surface area (Å²) in [5.41, 5.74) is 1.52. The second kappa shape index (κ2) is 5.95. The lowest BCUT2D eigenvalue weighted by molar-refractivity contribution is 0.0785. The molecule has 0 aliphatic carbocycles. The molecule has 110 valence electrons. The molecule has 1 amide bonds. The Bertz CT molecular complexity index is 610. The molecule has 1 unspecified atom stereocenters. The molecule has 0 radical (unpaired) electrons. The molecule has 6 heteroatoms. The first-order chi connectivity index (χ1) is 10.3. The van der Waals surface area contributed by atoms with Crippen LogP contribution in [0.3, 0.4) is 0 Å². The number of hydrogen-bond donors (Lipinski definition) is 1. The fourth-order valence-corrected chi connectivity index (χ4v) is 2.56. The van der Waals surface area contributed by atoms with E-state index in [1.165, 1.54) is 0 Å². The molecule has 2 aromatic rings. The van der Waals surface area contributed by atoms with Crippen molar-refractivity contribution in [3.05, 3.63) is 42.5 Å². The maximum Gasteiger partial charge on any atom is 0.274 e. The normalized spacial score (nSPS) is 18.0. The lowest BCUT2D eigenvalue weighted by atomic mass is 10.2. The first-order valence-electron chi connectivity index (χ1n) is 7.25. The van der Waals surface area contributed by atoms with Crippen LogP contribution in [0.15, 0.2) is 36.8 Å². The van der Waals surface area contributed by atoms with Crippen LogP contribution in [0.5, 0.6) is 0 Å². The van der Waals surface area contributed by atoms with Crippen molar-refractivity contribution >= 4 is 11.6 Å². The maximum absolute atomic E-state index is 12.4. The molecular formula is C15H19N5O. The molecule has 0 spiro atoms. The Hall–Kier alpha value is -2.37. The van der Waals surface area contributed by atoms with E-state index in [1.54, 1.807) is 23.1 Å². The average Bonchev–Trinajstić information content (AvgIpc) is 3.16. The van der Waals surface area contributed by atoms with Crippen molar-refractivity contribution in [1.29, 1.82) is 0 Å². The van der Waals surface area contributed by atoms with Crippen LogP contribution in [0.2, 0.25) is 0 Å². The summed E-state index contributed by atoms with van der Waals surface area (Å²) in [5.74, 6) is 0.0117. The Morgan fingerprint density at radius 1 is 1.48 bits per heavy atom. The van der Waals surface area contributed by atoms with E-state index in [9.17, 15) is 4.79 Å².